The second-order valence-corrected chi connectivity index (χ2v) is 8.70. The molecule has 3 aromatic rings. The fourth-order valence-electron chi connectivity index (χ4n) is 4.02. The minimum atomic E-state index is -0.0415. The molecule has 1 aliphatic carbocycles. The van der Waals surface area contributed by atoms with Gasteiger partial charge in [-0.05, 0) is 51.0 Å². The molecular weight excluding hydrogens is 384 g/mol. The Labute approximate surface area is 173 Å². The van der Waals surface area contributed by atoms with Crippen LogP contribution in [0.3, 0.4) is 0 Å². The summed E-state index contributed by atoms with van der Waals surface area (Å²) < 4.78 is 1.68. The molecule has 1 aliphatic rings. The number of nitrogens with one attached hydrogen (secondary N) is 1. The maximum Gasteiger partial charge on any atom is 0.226 e. The molecule has 0 fully saturated rings. The van der Waals surface area contributed by atoms with E-state index < -0.39 is 0 Å². The molecule has 1 amide bonds. The van der Waals surface area contributed by atoms with Crippen LogP contribution in [0.5, 0.6) is 0 Å². The number of anilines is 1. The van der Waals surface area contributed by atoms with Gasteiger partial charge < -0.3 is 5.32 Å². The maximum atomic E-state index is 12.5. The Bertz CT molecular complexity index is 1120. The van der Waals surface area contributed by atoms with Gasteiger partial charge in [0.25, 0.3) is 0 Å². The van der Waals surface area contributed by atoms with Gasteiger partial charge in [0.1, 0.15) is 11.6 Å². The number of amides is 1. The molecule has 8 heteroatoms. The van der Waals surface area contributed by atoms with Crippen LogP contribution in [-0.2, 0) is 24.1 Å². The molecule has 0 spiro atoms. The van der Waals surface area contributed by atoms with Crippen LogP contribution in [-0.4, -0.2) is 25.5 Å². The van der Waals surface area contributed by atoms with Crippen LogP contribution in [0.2, 0.25) is 0 Å². The Morgan fingerprint density at radius 1 is 1.41 bits per heavy atom. The highest BCUT2D eigenvalue weighted by Crippen LogP contribution is 2.33. The lowest BCUT2D eigenvalue weighted by atomic mass is 9.89. The number of carbonyl (C=O) groups excluding carboxylic acids is 1. The molecule has 1 N–H and O–H groups in total. The van der Waals surface area contributed by atoms with Crippen LogP contribution in [0.1, 0.15) is 59.3 Å². The molecule has 3 heterocycles. The van der Waals surface area contributed by atoms with Gasteiger partial charge in [-0.15, -0.1) is 11.3 Å². The number of hydrogen-bond acceptors (Lipinski definition) is 6. The minimum Gasteiger partial charge on any atom is -0.302 e. The Morgan fingerprint density at radius 2 is 2.24 bits per heavy atom. The summed E-state index contributed by atoms with van der Waals surface area (Å²) in [7, 11) is 0. The second-order valence-electron chi connectivity index (χ2n) is 7.62. The Balaban J connectivity index is 1.44. The van der Waals surface area contributed by atoms with Crippen molar-refractivity contribution in [1.29, 1.82) is 5.26 Å². The number of thiazole rings is 1. The molecule has 1 atom stereocenters. The van der Waals surface area contributed by atoms with Crippen molar-refractivity contribution in [3.05, 3.63) is 39.3 Å². The standard InChI is InChI=1S/C21H24N6OS/c1-4-14-5-7-17-18(9-14)29-21(25-17)26-19(28)8-6-16-12(2)24-20-15(10-22)11-23-27(20)13(16)3/h11,14H,4-9H2,1-3H3,(H,25,26,28). The summed E-state index contributed by atoms with van der Waals surface area (Å²) in [6, 6.07) is 2.11. The van der Waals surface area contributed by atoms with Crippen LogP contribution in [0, 0.1) is 31.1 Å². The number of aromatic nitrogens is 4. The van der Waals surface area contributed by atoms with E-state index in [1.165, 1.54) is 23.9 Å². The summed E-state index contributed by atoms with van der Waals surface area (Å²) in [6.07, 6.45) is 6.92. The fraction of sp³-hybridized carbons (Fsp3) is 0.476. The minimum absolute atomic E-state index is 0.0415. The van der Waals surface area contributed by atoms with Crippen LogP contribution in [0.25, 0.3) is 5.65 Å². The SMILES string of the molecule is CCC1CCc2nc(NC(=O)CCc3c(C)nc4c(C#N)cnn4c3C)sc2C1. The molecule has 7 nitrogen and oxygen atoms in total. The van der Waals surface area contributed by atoms with E-state index in [2.05, 4.69) is 33.4 Å². The van der Waals surface area contributed by atoms with Crippen molar-refractivity contribution in [3.8, 4) is 6.07 Å². The van der Waals surface area contributed by atoms with Crippen LogP contribution in [0.4, 0.5) is 5.13 Å². The lowest BCUT2D eigenvalue weighted by molar-refractivity contribution is -0.116. The van der Waals surface area contributed by atoms with E-state index in [9.17, 15) is 10.1 Å². The Morgan fingerprint density at radius 3 is 3.00 bits per heavy atom. The Kier molecular flexibility index (Phi) is 5.33. The quantitative estimate of drug-likeness (QED) is 0.693. The summed E-state index contributed by atoms with van der Waals surface area (Å²) in [6.45, 7) is 6.09. The first-order valence-electron chi connectivity index (χ1n) is 10.0. The van der Waals surface area contributed by atoms with Gasteiger partial charge in [-0.2, -0.15) is 10.4 Å². The van der Waals surface area contributed by atoms with Gasteiger partial charge in [-0.3, -0.25) is 4.79 Å². The molecule has 0 radical (unpaired) electrons. The van der Waals surface area contributed by atoms with E-state index in [1.54, 1.807) is 15.9 Å². The van der Waals surface area contributed by atoms with E-state index in [1.807, 2.05) is 13.8 Å². The highest BCUT2D eigenvalue weighted by atomic mass is 32.1. The van der Waals surface area contributed by atoms with Crippen molar-refractivity contribution < 1.29 is 4.79 Å². The number of carbonyl (C=O) groups is 1. The topological polar surface area (TPSA) is 96.0 Å². The predicted molar refractivity (Wildman–Crippen MR) is 112 cm³/mol. The summed E-state index contributed by atoms with van der Waals surface area (Å²) in [5.41, 5.74) is 4.91. The lowest BCUT2D eigenvalue weighted by Gasteiger charge is -2.18. The zero-order chi connectivity index (χ0) is 20.5. The summed E-state index contributed by atoms with van der Waals surface area (Å²) in [4.78, 5) is 23.0. The number of rotatable bonds is 5. The first-order valence-corrected chi connectivity index (χ1v) is 10.8. The van der Waals surface area contributed by atoms with Crippen molar-refractivity contribution in [3.63, 3.8) is 0 Å². The second kappa shape index (κ2) is 7.91. The van der Waals surface area contributed by atoms with Gasteiger partial charge in [-0.1, -0.05) is 13.3 Å². The fourth-order valence-corrected chi connectivity index (χ4v) is 5.16. The average molecular weight is 409 g/mol. The van der Waals surface area contributed by atoms with E-state index >= 15 is 0 Å². The number of nitriles is 1. The molecule has 0 saturated carbocycles. The van der Waals surface area contributed by atoms with Gasteiger partial charge in [0.15, 0.2) is 10.8 Å². The lowest BCUT2D eigenvalue weighted by Crippen LogP contribution is -2.14. The summed E-state index contributed by atoms with van der Waals surface area (Å²) in [5, 5.41) is 17.1. The predicted octanol–water partition coefficient (Wildman–Crippen LogP) is 3.76. The normalized spacial score (nSPS) is 15.9. The highest BCUT2D eigenvalue weighted by Gasteiger charge is 2.22. The summed E-state index contributed by atoms with van der Waals surface area (Å²) in [5.74, 6) is 0.698. The molecule has 150 valence electrons. The van der Waals surface area contributed by atoms with Crippen LogP contribution in [0.15, 0.2) is 6.20 Å². The molecule has 0 aromatic carbocycles. The van der Waals surface area contributed by atoms with Gasteiger partial charge in [-0.25, -0.2) is 14.5 Å². The van der Waals surface area contributed by atoms with Crippen LogP contribution < -0.4 is 5.32 Å². The highest BCUT2D eigenvalue weighted by molar-refractivity contribution is 7.15. The van der Waals surface area contributed by atoms with Gasteiger partial charge in [0.2, 0.25) is 5.91 Å². The number of nitrogens with zero attached hydrogens (tertiary/aromatic N) is 5. The van der Waals surface area contributed by atoms with E-state index in [0.29, 0.717) is 29.2 Å². The van der Waals surface area contributed by atoms with Gasteiger partial charge >= 0.3 is 0 Å². The molecule has 1 unspecified atom stereocenters. The van der Waals surface area contributed by atoms with Gasteiger partial charge in [0.05, 0.1) is 11.9 Å². The third kappa shape index (κ3) is 3.75. The monoisotopic (exact) mass is 408 g/mol. The van der Waals surface area contributed by atoms with Crippen LogP contribution >= 0.6 is 11.3 Å². The molecule has 29 heavy (non-hydrogen) atoms. The van der Waals surface area contributed by atoms with E-state index in [0.717, 1.165) is 41.4 Å². The zero-order valence-electron chi connectivity index (χ0n) is 16.9. The van der Waals surface area contributed by atoms with E-state index in [4.69, 9.17) is 0 Å². The van der Waals surface area contributed by atoms with Crippen molar-refractivity contribution in [1.82, 2.24) is 19.6 Å². The average Bonchev–Trinajstić information content (AvgIpc) is 3.30. The first-order chi connectivity index (χ1) is 14.0. The maximum absolute atomic E-state index is 12.5. The zero-order valence-corrected chi connectivity index (χ0v) is 17.8. The smallest absolute Gasteiger partial charge is 0.226 e. The third-order valence-electron chi connectivity index (χ3n) is 5.80. The molecule has 0 bridgehead atoms. The Hall–Kier alpha value is -2.79. The molecular formula is C21H24N6OS. The van der Waals surface area contributed by atoms with Crippen molar-refractivity contribution >= 4 is 28.0 Å². The first kappa shape index (κ1) is 19.5. The molecule has 0 aliphatic heterocycles. The third-order valence-corrected chi connectivity index (χ3v) is 6.83. The molecule has 3 aromatic heterocycles. The number of hydrogen-bond donors (Lipinski definition) is 1. The van der Waals surface area contributed by atoms with Crippen molar-refractivity contribution in [2.45, 2.75) is 59.3 Å². The molecule has 4 rings (SSSR count). The van der Waals surface area contributed by atoms with Crippen molar-refractivity contribution in [2.24, 2.45) is 5.92 Å². The number of fused-ring (bicyclic) bond motifs is 2. The largest absolute Gasteiger partial charge is 0.302 e. The number of aryl methyl sites for hydroxylation is 3. The van der Waals surface area contributed by atoms with Crippen molar-refractivity contribution in [2.75, 3.05) is 5.32 Å². The summed E-state index contributed by atoms with van der Waals surface area (Å²) >= 11 is 1.62. The van der Waals surface area contributed by atoms with Gasteiger partial charge in [0, 0.05) is 22.7 Å². The molecule has 0 saturated heterocycles. The van der Waals surface area contributed by atoms with E-state index in [-0.39, 0.29) is 5.91 Å².